The molecule has 0 aliphatic rings. The van der Waals surface area contributed by atoms with Crippen LogP contribution in [0, 0.1) is 18.1 Å². The molecule has 1 radical (unpaired) electrons. The van der Waals surface area contributed by atoms with Gasteiger partial charge in [-0.2, -0.15) is 0 Å². The minimum Gasteiger partial charge on any atom is -0.501 e. The predicted molar refractivity (Wildman–Crippen MR) is 271 cm³/mol. The summed E-state index contributed by atoms with van der Waals surface area (Å²) in [6.45, 7) is 4.57. The summed E-state index contributed by atoms with van der Waals surface area (Å²) in [5.41, 5.74) is 13.7. The van der Waals surface area contributed by atoms with E-state index < -0.39 is 13.3 Å². The first-order valence-corrected chi connectivity index (χ1v) is 29.5. The van der Waals surface area contributed by atoms with E-state index in [1.807, 2.05) is 36.4 Å². The fraction of sp³-hybridized carbons (Fsp3) is 0.119. The molecule has 0 amide bonds. The van der Waals surface area contributed by atoms with E-state index in [4.69, 9.17) is 14.4 Å². The summed E-state index contributed by atoms with van der Waals surface area (Å²) in [7, 11) is 0. The van der Waals surface area contributed by atoms with E-state index in [2.05, 4.69) is 200 Å². The van der Waals surface area contributed by atoms with Gasteiger partial charge in [-0.25, -0.2) is 0 Å². The third-order valence-corrected chi connectivity index (χ3v) is 16.3. The number of imidazole rings is 1. The largest absolute Gasteiger partial charge is 0.501 e. The molecule has 0 fully saturated rings. The van der Waals surface area contributed by atoms with Crippen LogP contribution in [-0.4, -0.2) is 27.8 Å². The van der Waals surface area contributed by atoms with Crippen LogP contribution < -0.4 is 4.40 Å². The maximum absolute atomic E-state index is 6.56. The van der Waals surface area contributed by atoms with Crippen LogP contribution in [-0.2, 0) is 26.5 Å². The zero-order chi connectivity index (χ0) is 43.8. The molecule has 4 nitrogen and oxygen atoms in total. The van der Waals surface area contributed by atoms with E-state index in [-0.39, 0.29) is 20.1 Å². The van der Waals surface area contributed by atoms with E-state index in [0.717, 1.165) is 101 Å². The van der Waals surface area contributed by atoms with Crippen LogP contribution in [0.1, 0.15) is 19.4 Å². The fourth-order valence-electron chi connectivity index (χ4n) is 9.03. The average Bonchev–Trinajstić information content (AvgIpc) is 3.91. The Hall–Kier alpha value is -6.37. The van der Waals surface area contributed by atoms with E-state index in [0.29, 0.717) is 5.92 Å². The topological polar surface area (TPSA) is 43.9 Å². The summed E-state index contributed by atoms with van der Waals surface area (Å²) >= 11 is -1.86. The SMILES string of the molecule is CC(C)Cc1cc(-c2[c-]cccc2)nc[c]1[Ge]([CH3])([CH3])[CH3].[Ir].[c-]1ccc2c(oc3ccccc32)c1-c1nc2c3ccccc3ccc2n1-c1c(-c2ccccc2)cccc1-c1ccccc1. The van der Waals surface area contributed by atoms with Crippen molar-refractivity contribution in [3.8, 4) is 50.6 Å². The molecule has 321 valence electrons. The molecule has 0 spiro atoms. The van der Waals surface area contributed by atoms with Crippen LogP contribution in [0.15, 0.2) is 193 Å². The Kier molecular flexibility index (Phi) is 12.6. The van der Waals surface area contributed by atoms with Crippen molar-refractivity contribution >= 4 is 61.4 Å². The smallest absolute Gasteiger partial charge is 0.120 e. The van der Waals surface area contributed by atoms with Gasteiger partial charge in [0.1, 0.15) is 5.58 Å². The molecule has 0 atom stereocenters. The van der Waals surface area contributed by atoms with Crippen molar-refractivity contribution in [1.82, 2.24) is 14.5 Å². The minimum absolute atomic E-state index is 0. The first-order chi connectivity index (χ1) is 31.2. The van der Waals surface area contributed by atoms with Crippen LogP contribution in [0.3, 0.4) is 0 Å². The number of nitrogens with zero attached hydrogens (tertiary/aromatic N) is 3. The van der Waals surface area contributed by atoms with E-state index in [1.54, 1.807) is 4.40 Å². The Morgan fingerprint density at radius 3 is 1.97 bits per heavy atom. The van der Waals surface area contributed by atoms with Crippen LogP contribution in [0.25, 0.3) is 94.3 Å². The van der Waals surface area contributed by atoms with Gasteiger partial charge in [0.15, 0.2) is 0 Å². The van der Waals surface area contributed by atoms with Gasteiger partial charge < -0.3 is 8.98 Å². The molecular weight excluding hydrogens is 1030 g/mol. The van der Waals surface area contributed by atoms with E-state index in [1.165, 1.54) is 5.56 Å². The van der Waals surface area contributed by atoms with Gasteiger partial charge in [-0.05, 0) is 28.6 Å². The fourth-order valence-corrected chi connectivity index (χ4v) is 12.4. The second-order valence-electron chi connectivity index (χ2n) is 17.9. The van der Waals surface area contributed by atoms with Crippen LogP contribution in [0.4, 0.5) is 0 Å². The molecule has 0 saturated carbocycles. The zero-order valence-electron chi connectivity index (χ0n) is 37.3. The predicted octanol–water partition coefficient (Wildman–Crippen LogP) is 15.2. The summed E-state index contributed by atoms with van der Waals surface area (Å²) in [5, 5.41) is 4.40. The van der Waals surface area contributed by atoms with Crippen LogP contribution >= 0.6 is 0 Å². The summed E-state index contributed by atoms with van der Waals surface area (Å²) in [6.07, 6.45) is 3.27. The zero-order valence-corrected chi connectivity index (χ0v) is 41.8. The summed E-state index contributed by atoms with van der Waals surface area (Å²) in [4.78, 5) is 10.1. The molecule has 0 bridgehead atoms. The number of para-hydroxylation sites is 2. The Morgan fingerprint density at radius 2 is 1.29 bits per heavy atom. The number of fused-ring (bicyclic) bond motifs is 6. The van der Waals surface area contributed by atoms with Gasteiger partial charge in [-0.3, -0.25) is 4.98 Å². The molecule has 8 aromatic carbocycles. The van der Waals surface area contributed by atoms with Gasteiger partial charge in [-0.1, -0.05) is 138 Å². The minimum atomic E-state index is -1.86. The van der Waals surface area contributed by atoms with Gasteiger partial charge in [0.2, 0.25) is 0 Å². The third kappa shape index (κ3) is 8.65. The molecule has 0 saturated heterocycles. The number of aromatic nitrogens is 3. The molecule has 11 aromatic rings. The molecular formula is C59H49GeIrN3O-2. The number of pyridine rings is 1. The molecule has 0 aliphatic carbocycles. The first kappa shape index (κ1) is 43.9. The molecule has 11 rings (SSSR count). The number of benzene rings is 8. The van der Waals surface area contributed by atoms with Crippen molar-refractivity contribution in [2.75, 3.05) is 0 Å². The van der Waals surface area contributed by atoms with Gasteiger partial charge in [-0.15, -0.1) is 18.2 Å². The maximum atomic E-state index is 6.56. The molecule has 0 N–H and O–H groups in total. The molecule has 6 heteroatoms. The van der Waals surface area contributed by atoms with Gasteiger partial charge in [0.05, 0.1) is 28.1 Å². The Balaban J connectivity index is 0.000000215. The second-order valence-corrected chi connectivity index (χ2v) is 28.5. The van der Waals surface area contributed by atoms with Crippen molar-refractivity contribution < 1.29 is 24.5 Å². The molecule has 0 unspecified atom stereocenters. The quantitative estimate of drug-likeness (QED) is 0.112. The van der Waals surface area contributed by atoms with Gasteiger partial charge >= 0.3 is 126 Å². The summed E-state index contributed by atoms with van der Waals surface area (Å²) in [5.74, 6) is 8.79. The summed E-state index contributed by atoms with van der Waals surface area (Å²) in [6, 6.07) is 70.1. The summed E-state index contributed by atoms with van der Waals surface area (Å²) < 4.78 is 10.4. The Bertz CT molecular complexity index is 3370. The molecule has 0 aliphatic heterocycles. The third-order valence-electron chi connectivity index (χ3n) is 12.0. The van der Waals surface area contributed by atoms with Crippen molar-refractivity contribution in [3.63, 3.8) is 0 Å². The van der Waals surface area contributed by atoms with E-state index >= 15 is 0 Å². The number of rotatable bonds is 8. The van der Waals surface area contributed by atoms with Crippen LogP contribution in [0.2, 0.25) is 17.3 Å². The monoisotopic (exact) mass is 1080 g/mol. The molecule has 65 heavy (non-hydrogen) atoms. The normalized spacial score (nSPS) is 11.5. The number of hydrogen-bond acceptors (Lipinski definition) is 3. The number of hydrogen-bond donors (Lipinski definition) is 0. The molecule has 3 heterocycles. The van der Waals surface area contributed by atoms with Gasteiger partial charge in [0, 0.05) is 42.0 Å². The van der Waals surface area contributed by atoms with Crippen molar-refractivity contribution in [2.45, 2.75) is 37.5 Å². The standard InChI is InChI=1S/C41H25N2O.C18H24GeN.Ir/c1-3-13-27(14-4-1)31-20-11-21-32(28-15-5-2-6-16-28)39(31)43-36-26-25-29-17-7-8-18-30(29)38(36)42-41(43)35-23-12-22-34-33-19-9-10-24-37(33)44-40(34)35;1-14(2)11-16-12-18(15-9-7-6-8-10-15)20-13-17(16)19(3,4)5;/h1-22,24-26H;6-9,12-14H,11H2,1-5H3;/q2*-1;. The average molecular weight is 1080 g/mol. The number of furan rings is 1. The van der Waals surface area contributed by atoms with Crippen molar-refractivity contribution in [2.24, 2.45) is 5.92 Å². The Morgan fingerprint density at radius 1 is 0.631 bits per heavy atom. The van der Waals surface area contributed by atoms with E-state index in [9.17, 15) is 0 Å². The second kappa shape index (κ2) is 18.6. The first-order valence-electron chi connectivity index (χ1n) is 22.2. The van der Waals surface area contributed by atoms with Crippen molar-refractivity contribution in [3.05, 3.63) is 206 Å². The van der Waals surface area contributed by atoms with Crippen LogP contribution in [0.5, 0.6) is 0 Å². The maximum Gasteiger partial charge on any atom is 0.120 e. The molecule has 3 aromatic heterocycles. The van der Waals surface area contributed by atoms with Crippen molar-refractivity contribution in [1.29, 1.82) is 0 Å². The Labute approximate surface area is 397 Å². The van der Waals surface area contributed by atoms with Gasteiger partial charge in [0.25, 0.3) is 0 Å².